The molecule has 2 aliphatic rings. The number of nitrogens with one attached hydrogen (secondary N) is 1. The first-order chi connectivity index (χ1) is 18.8. The van der Waals surface area contributed by atoms with Gasteiger partial charge in [0.1, 0.15) is 18.2 Å². The molecule has 8 nitrogen and oxygen atoms in total. The first-order valence-corrected chi connectivity index (χ1v) is 13.7. The van der Waals surface area contributed by atoms with Crippen LogP contribution in [0.15, 0.2) is 42.5 Å². The molecule has 2 aromatic rings. The minimum absolute atomic E-state index is 0.0691. The van der Waals surface area contributed by atoms with Crippen LogP contribution in [0.2, 0.25) is 0 Å². The van der Waals surface area contributed by atoms with Crippen molar-refractivity contribution in [2.24, 2.45) is 11.8 Å². The second-order valence-corrected chi connectivity index (χ2v) is 10.8. The Labute approximate surface area is 230 Å². The molecule has 212 valence electrons. The normalized spacial score (nSPS) is 23.8. The lowest BCUT2D eigenvalue weighted by Gasteiger charge is -2.38. The molecule has 3 atom stereocenters. The van der Waals surface area contributed by atoms with Gasteiger partial charge in [-0.3, -0.25) is 14.5 Å². The van der Waals surface area contributed by atoms with Crippen LogP contribution in [0.3, 0.4) is 0 Å². The standard InChI is InChI=1S/C30H40FN3O5/c1-20-16-34(17-22-11-13-38-14-12-22)21(2)19-39-27-10-9-23(32-29(35)24-7-5-6-8-26(24)31)15-25(27)30(36)33(3)18-28(20)37-4/h5-10,15,20-22,28H,11-14,16-19H2,1-4H3,(H,32,35)/t20-,21-,28-/m0/s1. The molecule has 2 aliphatic heterocycles. The van der Waals surface area contributed by atoms with E-state index in [-0.39, 0.29) is 29.5 Å². The number of carbonyl (C=O) groups excluding carboxylic acids is 2. The zero-order valence-electron chi connectivity index (χ0n) is 23.3. The highest BCUT2D eigenvalue weighted by Crippen LogP contribution is 2.27. The van der Waals surface area contributed by atoms with Crippen LogP contribution in [0.4, 0.5) is 10.1 Å². The van der Waals surface area contributed by atoms with Gasteiger partial charge in [-0.2, -0.15) is 0 Å². The van der Waals surface area contributed by atoms with Crippen molar-refractivity contribution < 1.29 is 28.2 Å². The summed E-state index contributed by atoms with van der Waals surface area (Å²) in [6.45, 7) is 8.50. The fourth-order valence-corrected chi connectivity index (χ4v) is 5.29. The molecule has 0 aliphatic carbocycles. The van der Waals surface area contributed by atoms with E-state index < -0.39 is 11.7 Å². The number of likely N-dealkylation sites (N-methyl/N-ethyl adjacent to an activating group) is 1. The molecule has 2 aromatic carbocycles. The molecule has 0 bridgehead atoms. The minimum Gasteiger partial charge on any atom is -0.491 e. The number of hydrogen-bond acceptors (Lipinski definition) is 6. The maximum atomic E-state index is 14.1. The van der Waals surface area contributed by atoms with Gasteiger partial charge in [-0.1, -0.05) is 19.1 Å². The Balaban J connectivity index is 1.60. The fraction of sp³-hybridized carbons (Fsp3) is 0.533. The largest absolute Gasteiger partial charge is 0.491 e. The van der Waals surface area contributed by atoms with E-state index >= 15 is 0 Å². The highest BCUT2D eigenvalue weighted by molar-refractivity contribution is 6.05. The summed E-state index contributed by atoms with van der Waals surface area (Å²) >= 11 is 0. The molecular weight excluding hydrogens is 501 g/mol. The van der Waals surface area contributed by atoms with Gasteiger partial charge in [0.15, 0.2) is 0 Å². The molecule has 0 spiro atoms. The molecule has 2 amide bonds. The average Bonchev–Trinajstić information content (AvgIpc) is 2.94. The molecule has 0 radical (unpaired) electrons. The Kier molecular flexibility index (Phi) is 9.94. The van der Waals surface area contributed by atoms with Gasteiger partial charge >= 0.3 is 0 Å². The molecular formula is C30H40FN3O5. The predicted molar refractivity (Wildman–Crippen MR) is 148 cm³/mol. The molecule has 0 unspecified atom stereocenters. The van der Waals surface area contributed by atoms with Crippen molar-refractivity contribution >= 4 is 17.5 Å². The molecule has 0 aromatic heterocycles. The second kappa shape index (κ2) is 13.4. The van der Waals surface area contributed by atoms with Crippen molar-refractivity contribution in [2.75, 3.05) is 58.9 Å². The van der Waals surface area contributed by atoms with Gasteiger partial charge in [-0.15, -0.1) is 0 Å². The second-order valence-electron chi connectivity index (χ2n) is 10.8. The monoisotopic (exact) mass is 541 g/mol. The molecule has 9 heteroatoms. The third-order valence-electron chi connectivity index (χ3n) is 7.78. The number of halogens is 1. The zero-order valence-corrected chi connectivity index (χ0v) is 23.3. The SMILES string of the molecule is CO[C@H]1CN(C)C(=O)c2cc(NC(=O)c3ccccc3F)ccc2OC[C@H](C)N(CC2CCOCC2)C[C@@H]1C. The molecule has 4 rings (SSSR count). The van der Waals surface area contributed by atoms with E-state index in [0.29, 0.717) is 36.1 Å². The third kappa shape index (κ3) is 7.35. The van der Waals surface area contributed by atoms with Crippen molar-refractivity contribution in [1.29, 1.82) is 0 Å². The summed E-state index contributed by atoms with van der Waals surface area (Å²) in [7, 11) is 3.43. The van der Waals surface area contributed by atoms with E-state index in [1.807, 2.05) is 0 Å². The van der Waals surface area contributed by atoms with Crippen LogP contribution < -0.4 is 10.1 Å². The summed E-state index contributed by atoms with van der Waals surface area (Å²) < 4.78 is 31.8. The van der Waals surface area contributed by atoms with Crippen LogP contribution in [-0.4, -0.2) is 87.4 Å². The van der Waals surface area contributed by atoms with Gasteiger partial charge in [0.25, 0.3) is 11.8 Å². The smallest absolute Gasteiger partial charge is 0.258 e. The number of amides is 2. The van der Waals surface area contributed by atoms with E-state index in [4.69, 9.17) is 14.2 Å². The van der Waals surface area contributed by atoms with Gasteiger partial charge in [-0.05, 0) is 61.9 Å². The number of carbonyl (C=O) groups is 2. The summed E-state index contributed by atoms with van der Waals surface area (Å²) in [6.07, 6.45) is 1.94. The quantitative estimate of drug-likeness (QED) is 0.608. The van der Waals surface area contributed by atoms with Crippen LogP contribution in [0, 0.1) is 17.7 Å². The van der Waals surface area contributed by atoms with Gasteiger partial charge in [0, 0.05) is 58.7 Å². The first-order valence-electron chi connectivity index (χ1n) is 13.7. The summed E-state index contributed by atoms with van der Waals surface area (Å²) in [5, 5.41) is 2.71. The maximum absolute atomic E-state index is 14.1. The molecule has 0 saturated carbocycles. The van der Waals surface area contributed by atoms with Crippen LogP contribution in [0.1, 0.15) is 47.4 Å². The number of hydrogen-bond donors (Lipinski definition) is 1. The number of benzene rings is 2. The van der Waals surface area contributed by atoms with Crippen molar-refractivity contribution in [3.63, 3.8) is 0 Å². The van der Waals surface area contributed by atoms with Gasteiger partial charge in [-0.25, -0.2) is 4.39 Å². The third-order valence-corrected chi connectivity index (χ3v) is 7.78. The topological polar surface area (TPSA) is 80.3 Å². The van der Waals surface area contributed by atoms with E-state index in [9.17, 15) is 14.0 Å². The van der Waals surface area contributed by atoms with Crippen LogP contribution in [0.5, 0.6) is 5.75 Å². The van der Waals surface area contributed by atoms with Crippen LogP contribution >= 0.6 is 0 Å². The van der Waals surface area contributed by atoms with Crippen molar-refractivity contribution in [1.82, 2.24) is 9.80 Å². The number of ether oxygens (including phenoxy) is 3. The molecule has 2 heterocycles. The summed E-state index contributed by atoms with van der Waals surface area (Å²) in [4.78, 5) is 30.4. The Hall–Kier alpha value is -3.01. The number of fused-ring (bicyclic) bond motifs is 1. The number of nitrogens with zero attached hydrogens (tertiary/aromatic N) is 2. The van der Waals surface area contributed by atoms with Crippen molar-refractivity contribution in [3.05, 3.63) is 59.4 Å². The molecule has 1 N–H and O–H groups in total. The minimum atomic E-state index is -0.612. The van der Waals surface area contributed by atoms with E-state index in [1.165, 1.54) is 18.2 Å². The predicted octanol–water partition coefficient (Wildman–Crippen LogP) is 4.31. The maximum Gasteiger partial charge on any atom is 0.258 e. The van der Waals surface area contributed by atoms with Crippen molar-refractivity contribution in [2.45, 2.75) is 38.8 Å². The highest BCUT2D eigenvalue weighted by atomic mass is 19.1. The number of rotatable bonds is 5. The van der Waals surface area contributed by atoms with Crippen LogP contribution in [-0.2, 0) is 9.47 Å². The Morgan fingerprint density at radius 3 is 2.59 bits per heavy atom. The molecule has 39 heavy (non-hydrogen) atoms. The Bertz CT molecular complexity index is 1140. The molecule has 1 saturated heterocycles. The molecule has 1 fully saturated rings. The summed E-state index contributed by atoms with van der Waals surface area (Å²) in [5.41, 5.74) is 0.640. The fourth-order valence-electron chi connectivity index (χ4n) is 5.29. The number of anilines is 1. The lowest BCUT2D eigenvalue weighted by molar-refractivity contribution is 0.0000222. The van der Waals surface area contributed by atoms with Gasteiger partial charge in [0.05, 0.1) is 17.2 Å². The number of methoxy groups -OCH3 is 1. The lowest BCUT2D eigenvalue weighted by Crippen LogP contribution is -2.48. The first kappa shape index (κ1) is 29.0. The van der Waals surface area contributed by atoms with Crippen molar-refractivity contribution in [3.8, 4) is 5.75 Å². The lowest BCUT2D eigenvalue weighted by atomic mass is 9.96. The van der Waals surface area contributed by atoms with Crippen LogP contribution in [0.25, 0.3) is 0 Å². The highest BCUT2D eigenvalue weighted by Gasteiger charge is 2.30. The summed E-state index contributed by atoms with van der Waals surface area (Å²) in [5.74, 6) is -0.255. The zero-order chi connectivity index (χ0) is 27.9. The van der Waals surface area contributed by atoms with E-state index in [0.717, 1.165) is 39.1 Å². The van der Waals surface area contributed by atoms with E-state index in [1.54, 1.807) is 43.3 Å². The summed E-state index contributed by atoms with van der Waals surface area (Å²) in [6, 6.07) is 10.8. The Morgan fingerprint density at radius 1 is 1.13 bits per heavy atom. The van der Waals surface area contributed by atoms with Gasteiger partial charge in [0.2, 0.25) is 0 Å². The van der Waals surface area contributed by atoms with Gasteiger partial charge < -0.3 is 24.4 Å². The average molecular weight is 542 g/mol. The van der Waals surface area contributed by atoms with E-state index in [2.05, 4.69) is 24.1 Å². The Morgan fingerprint density at radius 2 is 1.87 bits per heavy atom.